The number of hydrogen-bond donors (Lipinski definition) is 1. The first kappa shape index (κ1) is 14.0. The first-order valence-corrected chi connectivity index (χ1v) is 8.17. The zero-order valence-electron chi connectivity index (χ0n) is 11.3. The topological polar surface area (TPSA) is 67.8 Å². The average molecular weight is 304 g/mol. The lowest BCUT2D eigenvalue weighted by molar-refractivity contribution is 0.253. The van der Waals surface area contributed by atoms with Gasteiger partial charge in [-0.3, -0.25) is 9.71 Å². The minimum atomic E-state index is -3.87. The van der Waals surface area contributed by atoms with Crippen molar-refractivity contribution in [3.8, 4) is 0 Å². The Morgan fingerprint density at radius 3 is 2.81 bits per heavy atom. The lowest BCUT2D eigenvalue weighted by Gasteiger charge is -2.27. The Bertz CT molecular complexity index is 684. The number of aliphatic imine (C=N–C) groups is 1. The first-order chi connectivity index (χ1) is 10.1. The van der Waals surface area contributed by atoms with E-state index in [4.69, 9.17) is 4.18 Å². The van der Waals surface area contributed by atoms with Gasteiger partial charge >= 0.3 is 10.3 Å². The highest BCUT2D eigenvalue weighted by molar-refractivity contribution is 7.84. The summed E-state index contributed by atoms with van der Waals surface area (Å²) in [7, 11) is -3.87. The Morgan fingerprint density at radius 1 is 1.14 bits per heavy atom. The van der Waals surface area contributed by atoms with Crippen LogP contribution in [-0.2, 0) is 14.5 Å². The molecule has 0 bridgehead atoms. The maximum atomic E-state index is 12.1. The maximum Gasteiger partial charge on any atom is 0.360 e. The van der Waals surface area contributed by atoms with E-state index in [0.29, 0.717) is 12.1 Å². The number of allylic oxidation sites excluding steroid dienone is 5. The molecule has 110 valence electrons. The van der Waals surface area contributed by atoms with Crippen molar-refractivity contribution in [2.24, 2.45) is 10.9 Å². The Hall–Kier alpha value is -1.92. The van der Waals surface area contributed by atoms with E-state index in [1.807, 2.05) is 36.5 Å². The van der Waals surface area contributed by atoms with Crippen molar-refractivity contribution in [2.75, 3.05) is 0 Å². The summed E-state index contributed by atoms with van der Waals surface area (Å²) < 4.78 is 31.9. The maximum absolute atomic E-state index is 12.1. The molecular formula is C15H16N2O3S. The summed E-state index contributed by atoms with van der Waals surface area (Å²) in [6, 6.07) is -0.236. The molecule has 1 heterocycles. The highest BCUT2D eigenvalue weighted by Crippen LogP contribution is 2.25. The molecule has 0 radical (unpaired) electrons. The molecule has 3 aliphatic rings. The fourth-order valence-electron chi connectivity index (χ4n) is 2.42. The van der Waals surface area contributed by atoms with E-state index in [0.717, 1.165) is 0 Å². The first-order valence-electron chi connectivity index (χ1n) is 6.77. The molecule has 0 spiro atoms. The van der Waals surface area contributed by atoms with E-state index < -0.39 is 16.4 Å². The van der Waals surface area contributed by atoms with Crippen molar-refractivity contribution < 1.29 is 12.6 Å². The quantitative estimate of drug-likeness (QED) is 0.861. The second-order valence-corrected chi connectivity index (χ2v) is 6.26. The highest BCUT2D eigenvalue weighted by atomic mass is 32.2. The van der Waals surface area contributed by atoms with E-state index in [1.54, 1.807) is 24.4 Å². The van der Waals surface area contributed by atoms with Gasteiger partial charge in [0.1, 0.15) is 12.1 Å². The van der Waals surface area contributed by atoms with Crippen molar-refractivity contribution >= 4 is 16.5 Å². The molecule has 0 fully saturated rings. The Kier molecular flexibility index (Phi) is 3.90. The second kappa shape index (κ2) is 5.83. The summed E-state index contributed by atoms with van der Waals surface area (Å²) >= 11 is 0. The van der Waals surface area contributed by atoms with Gasteiger partial charge in [-0.2, -0.15) is 8.42 Å². The molecule has 3 unspecified atom stereocenters. The van der Waals surface area contributed by atoms with Gasteiger partial charge in [0, 0.05) is 12.1 Å². The van der Waals surface area contributed by atoms with Gasteiger partial charge in [0.2, 0.25) is 0 Å². The van der Waals surface area contributed by atoms with E-state index in [2.05, 4.69) is 9.71 Å². The lowest BCUT2D eigenvalue weighted by atomic mass is 9.91. The summed E-state index contributed by atoms with van der Waals surface area (Å²) in [5.74, 6) is 0.0789. The third-order valence-corrected chi connectivity index (χ3v) is 4.38. The average Bonchev–Trinajstić information content (AvgIpc) is 2.48. The van der Waals surface area contributed by atoms with Gasteiger partial charge in [-0.05, 0) is 18.6 Å². The molecule has 3 rings (SSSR count). The van der Waals surface area contributed by atoms with Crippen LogP contribution in [0.1, 0.15) is 6.42 Å². The van der Waals surface area contributed by atoms with Crippen LogP contribution in [0.15, 0.2) is 65.4 Å². The molecule has 0 aromatic carbocycles. The molecule has 1 aliphatic heterocycles. The van der Waals surface area contributed by atoms with Crippen molar-refractivity contribution in [2.45, 2.75) is 18.6 Å². The molecule has 0 aromatic heterocycles. The summed E-state index contributed by atoms with van der Waals surface area (Å²) in [4.78, 5) is 4.32. The molecule has 2 aliphatic carbocycles. The molecular weight excluding hydrogens is 288 g/mol. The monoisotopic (exact) mass is 304 g/mol. The van der Waals surface area contributed by atoms with Crippen LogP contribution in [0.2, 0.25) is 0 Å². The van der Waals surface area contributed by atoms with Crippen LogP contribution < -0.4 is 4.72 Å². The van der Waals surface area contributed by atoms with Gasteiger partial charge in [-0.1, -0.05) is 42.5 Å². The molecule has 21 heavy (non-hydrogen) atoms. The standard InChI is InChI=1S/C15H16N2O3S/c18-21(19,20-13-8-2-1-3-9-13)17-14-10-4-6-12-7-5-11-16-15(12)14/h1-8,10-13,15,17H,9H2. The normalized spacial score (nSPS) is 30.1. The van der Waals surface area contributed by atoms with E-state index in [9.17, 15) is 8.42 Å². The molecule has 5 nitrogen and oxygen atoms in total. The van der Waals surface area contributed by atoms with E-state index >= 15 is 0 Å². The minimum absolute atomic E-state index is 0.0789. The van der Waals surface area contributed by atoms with Gasteiger partial charge in [-0.15, -0.1) is 0 Å². The molecule has 0 saturated carbocycles. The number of rotatable bonds is 4. The SMILES string of the molecule is O=S(=O)(NC1=CC=CC2C=CC=NC12)OC1C=CC=CC1. The number of nitrogens with zero attached hydrogens (tertiary/aromatic N) is 1. The zero-order chi connectivity index (χ0) is 14.7. The van der Waals surface area contributed by atoms with Gasteiger partial charge in [0.25, 0.3) is 0 Å². The molecule has 1 N–H and O–H groups in total. The zero-order valence-corrected chi connectivity index (χ0v) is 12.1. The predicted octanol–water partition coefficient (Wildman–Crippen LogP) is 1.80. The van der Waals surface area contributed by atoms with Crippen molar-refractivity contribution in [1.29, 1.82) is 0 Å². The lowest BCUT2D eigenvalue weighted by Crippen LogP contribution is -2.36. The summed E-state index contributed by atoms with van der Waals surface area (Å²) in [6.45, 7) is 0. The number of fused-ring (bicyclic) bond motifs is 1. The van der Waals surface area contributed by atoms with Gasteiger partial charge in [-0.25, -0.2) is 4.18 Å². The van der Waals surface area contributed by atoms with Gasteiger partial charge < -0.3 is 0 Å². The number of hydrogen-bond acceptors (Lipinski definition) is 4. The molecule has 0 saturated heterocycles. The Morgan fingerprint density at radius 2 is 2.00 bits per heavy atom. The van der Waals surface area contributed by atoms with Crippen molar-refractivity contribution in [3.63, 3.8) is 0 Å². The van der Waals surface area contributed by atoms with Crippen LogP contribution in [0, 0.1) is 5.92 Å². The fourth-order valence-corrected chi connectivity index (χ4v) is 3.42. The smallest absolute Gasteiger partial charge is 0.283 e. The predicted molar refractivity (Wildman–Crippen MR) is 82.0 cm³/mol. The summed E-state index contributed by atoms with van der Waals surface area (Å²) in [5, 5.41) is 0. The Labute approximate surface area is 124 Å². The third-order valence-electron chi connectivity index (χ3n) is 3.39. The van der Waals surface area contributed by atoms with Gasteiger partial charge in [0.15, 0.2) is 0 Å². The summed E-state index contributed by atoms with van der Waals surface area (Å²) in [5.41, 5.74) is 0.526. The van der Waals surface area contributed by atoms with Crippen LogP contribution in [0.4, 0.5) is 0 Å². The van der Waals surface area contributed by atoms with Gasteiger partial charge in [0.05, 0.1) is 5.70 Å². The molecule has 3 atom stereocenters. The Balaban J connectivity index is 1.70. The molecule has 0 amide bonds. The largest absolute Gasteiger partial charge is 0.360 e. The van der Waals surface area contributed by atoms with Crippen molar-refractivity contribution in [3.05, 3.63) is 60.4 Å². The minimum Gasteiger partial charge on any atom is -0.283 e. The third kappa shape index (κ3) is 3.40. The van der Waals surface area contributed by atoms with E-state index in [-0.39, 0.29) is 12.0 Å². The fraction of sp³-hybridized carbons (Fsp3) is 0.267. The van der Waals surface area contributed by atoms with Crippen LogP contribution >= 0.6 is 0 Å². The summed E-state index contributed by atoms with van der Waals surface area (Å²) in [6.07, 6.45) is 18.4. The van der Waals surface area contributed by atoms with Crippen LogP contribution in [0.3, 0.4) is 0 Å². The number of dihydropyridines is 1. The van der Waals surface area contributed by atoms with Crippen LogP contribution in [0.5, 0.6) is 0 Å². The van der Waals surface area contributed by atoms with E-state index in [1.165, 1.54) is 0 Å². The molecule has 0 aromatic rings. The van der Waals surface area contributed by atoms with Crippen LogP contribution in [0.25, 0.3) is 0 Å². The highest BCUT2D eigenvalue weighted by Gasteiger charge is 2.28. The van der Waals surface area contributed by atoms with Crippen LogP contribution in [-0.4, -0.2) is 26.8 Å². The van der Waals surface area contributed by atoms with Crippen molar-refractivity contribution in [1.82, 2.24) is 4.72 Å². The number of nitrogens with one attached hydrogen (secondary N) is 1. The second-order valence-electron chi connectivity index (χ2n) is 4.95. The molecule has 6 heteroatoms.